The highest BCUT2D eigenvalue weighted by atomic mass is 32.2. The Bertz CT molecular complexity index is 1440. The Labute approximate surface area is 244 Å². The molecule has 0 bridgehead atoms. The Balaban J connectivity index is 1.30. The SMILES string of the molecule is CCN1C(N(CCCOc2cccc(CN3CCCCC3)c2)Cc2ccc(OC)cc2)=NS(=O)(=O)c2ccccc21. The van der Waals surface area contributed by atoms with E-state index < -0.39 is 10.0 Å². The fourth-order valence-electron chi connectivity index (χ4n) is 5.51. The second-order valence-electron chi connectivity index (χ2n) is 10.5. The number of fused-ring (bicyclic) bond motifs is 1. The summed E-state index contributed by atoms with van der Waals surface area (Å²) in [6.45, 7) is 7.46. The fourth-order valence-corrected chi connectivity index (χ4v) is 6.73. The smallest absolute Gasteiger partial charge is 0.287 e. The molecule has 0 spiro atoms. The van der Waals surface area contributed by atoms with E-state index in [1.807, 2.05) is 59.2 Å². The van der Waals surface area contributed by atoms with Crippen molar-refractivity contribution in [2.75, 3.05) is 44.8 Å². The number of hydrogen-bond donors (Lipinski definition) is 0. The second kappa shape index (κ2) is 13.4. The molecule has 0 aliphatic carbocycles. The van der Waals surface area contributed by atoms with Crippen molar-refractivity contribution in [3.05, 3.63) is 83.9 Å². The molecule has 1 fully saturated rings. The molecule has 0 unspecified atom stereocenters. The maximum atomic E-state index is 13.2. The third kappa shape index (κ3) is 7.21. The van der Waals surface area contributed by atoms with Crippen LogP contribution in [0.15, 0.2) is 82.1 Å². The number of methoxy groups -OCH3 is 1. The van der Waals surface area contributed by atoms with Crippen molar-refractivity contribution < 1.29 is 17.9 Å². The summed E-state index contributed by atoms with van der Waals surface area (Å²) in [4.78, 5) is 6.76. The summed E-state index contributed by atoms with van der Waals surface area (Å²) < 4.78 is 42.2. The molecule has 0 amide bonds. The minimum atomic E-state index is -3.82. The Morgan fingerprint density at radius 1 is 0.902 bits per heavy atom. The van der Waals surface area contributed by atoms with E-state index in [1.54, 1.807) is 19.2 Å². The van der Waals surface area contributed by atoms with E-state index in [9.17, 15) is 8.42 Å². The van der Waals surface area contributed by atoms with Crippen molar-refractivity contribution in [2.24, 2.45) is 4.40 Å². The van der Waals surface area contributed by atoms with Gasteiger partial charge in [-0.2, -0.15) is 8.42 Å². The minimum Gasteiger partial charge on any atom is -0.497 e. The molecule has 8 nitrogen and oxygen atoms in total. The quantitative estimate of drug-likeness (QED) is 0.278. The van der Waals surface area contributed by atoms with E-state index in [0.29, 0.717) is 44.3 Å². The van der Waals surface area contributed by atoms with Crippen molar-refractivity contribution >= 4 is 21.7 Å². The molecule has 2 heterocycles. The summed E-state index contributed by atoms with van der Waals surface area (Å²) in [5, 5.41) is 0. The number of guanidine groups is 1. The van der Waals surface area contributed by atoms with Gasteiger partial charge in [0.05, 0.1) is 19.4 Å². The maximum Gasteiger partial charge on any atom is 0.287 e. The lowest BCUT2D eigenvalue weighted by Gasteiger charge is -2.36. The number of piperidine rings is 1. The van der Waals surface area contributed by atoms with Crippen LogP contribution in [-0.2, 0) is 23.1 Å². The molecule has 1 saturated heterocycles. The van der Waals surface area contributed by atoms with Crippen molar-refractivity contribution in [1.82, 2.24) is 9.80 Å². The number of anilines is 1. The van der Waals surface area contributed by atoms with Gasteiger partial charge >= 0.3 is 0 Å². The number of nitrogens with zero attached hydrogens (tertiary/aromatic N) is 4. The van der Waals surface area contributed by atoms with E-state index in [2.05, 4.69) is 27.5 Å². The number of rotatable bonds is 11. The summed E-state index contributed by atoms with van der Waals surface area (Å²) in [5.74, 6) is 2.08. The molecule has 41 heavy (non-hydrogen) atoms. The van der Waals surface area contributed by atoms with Gasteiger partial charge in [-0.05, 0) is 86.8 Å². The largest absolute Gasteiger partial charge is 0.497 e. The zero-order valence-corrected chi connectivity index (χ0v) is 24.9. The molecule has 2 aliphatic heterocycles. The van der Waals surface area contributed by atoms with E-state index in [4.69, 9.17) is 9.47 Å². The van der Waals surface area contributed by atoms with Gasteiger partial charge < -0.3 is 19.3 Å². The van der Waals surface area contributed by atoms with Gasteiger partial charge in [0.1, 0.15) is 16.4 Å². The third-order valence-corrected chi connectivity index (χ3v) is 8.91. The van der Waals surface area contributed by atoms with Crippen LogP contribution in [0.25, 0.3) is 0 Å². The topological polar surface area (TPSA) is 74.7 Å². The molecule has 3 aromatic carbocycles. The lowest BCUT2D eigenvalue weighted by Crippen LogP contribution is -2.47. The minimum absolute atomic E-state index is 0.239. The van der Waals surface area contributed by atoms with E-state index >= 15 is 0 Å². The average molecular weight is 577 g/mol. The number of sulfonamides is 1. The lowest BCUT2D eigenvalue weighted by molar-refractivity contribution is 0.220. The molecular formula is C32H40N4O4S. The summed E-state index contributed by atoms with van der Waals surface area (Å²) in [6.07, 6.45) is 4.58. The summed E-state index contributed by atoms with van der Waals surface area (Å²) >= 11 is 0. The van der Waals surface area contributed by atoms with Crippen LogP contribution in [0.1, 0.15) is 43.7 Å². The first-order chi connectivity index (χ1) is 20.0. The van der Waals surface area contributed by atoms with Gasteiger partial charge in [-0.25, -0.2) is 0 Å². The van der Waals surface area contributed by atoms with Gasteiger partial charge in [0.2, 0.25) is 5.96 Å². The van der Waals surface area contributed by atoms with Crippen LogP contribution >= 0.6 is 0 Å². The number of likely N-dealkylation sites (tertiary alicyclic amines) is 1. The normalized spacial score (nSPS) is 16.5. The monoisotopic (exact) mass is 576 g/mol. The Morgan fingerprint density at radius 2 is 1.68 bits per heavy atom. The Morgan fingerprint density at radius 3 is 2.44 bits per heavy atom. The van der Waals surface area contributed by atoms with Crippen molar-refractivity contribution in [3.63, 3.8) is 0 Å². The van der Waals surface area contributed by atoms with Crippen LogP contribution in [0.5, 0.6) is 11.5 Å². The second-order valence-corrected chi connectivity index (χ2v) is 12.1. The molecular weight excluding hydrogens is 536 g/mol. The first-order valence-electron chi connectivity index (χ1n) is 14.5. The maximum absolute atomic E-state index is 13.2. The van der Waals surface area contributed by atoms with Crippen molar-refractivity contribution in [3.8, 4) is 11.5 Å². The van der Waals surface area contributed by atoms with Gasteiger partial charge in [0.25, 0.3) is 10.0 Å². The highest BCUT2D eigenvalue weighted by Gasteiger charge is 2.32. The summed E-state index contributed by atoms with van der Waals surface area (Å²) in [7, 11) is -2.18. The Kier molecular flexibility index (Phi) is 9.46. The molecule has 2 aliphatic rings. The van der Waals surface area contributed by atoms with Gasteiger partial charge in [-0.1, -0.05) is 42.8 Å². The number of hydrogen-bond acceptors (Lipinski definition) is 7. The number of ether oxygens (including phenoxy) is 2. The first kappa shape index (κ1) is 29.0. The molecule has 0 saturated carbocycles. The zero-order valence-electron chi connectivity index (χ0n) is 24.0. The molecule has 3 aromatic rings. The molecule has 5 rings (SSSR count). The predicted octanol–water partition coefficient (Wildman–Crippen LogP) is 5.54. The molecule has 0 aromatic heterocycles. The molecule has 0 N–H and O–H groups in total. The molecule has 218 valence electrons. The molecule has 0 radical (unpaired) electrons. The predicted molar refractivity (Wildman–Crippen MR) is 163 cm³/mol. The van der Waals surface area contributed by atoms with Gasteiger partial charge in [-0.3, -0.25) is 4.90 Å². The average Bonchev–Trinajstić information content (AvgIpc) is 2.99. The number of benzene rings is 3. The first-order valence-corrected chi connectivity index (χ1v) is 15.9. The third-order valence-electron chi connectivity index (χ3n) is 7.60. The fraction of sp³-hybridized carbons (Fsp3) is 0.406. The Hall–Kier alpha value is -3.56. The van der Waals surface area contributed by atoms with Crippen LogP contribution in [0.3, 0.4) is 0 Å². The lowest BCUT2D eigenvalue weighted by atomic mass is 10.1. The van der Waals surface area contributed by atoms with E-state index in [-0.39, 0.29) is 4.90 Å². The molecule has 9 heteroatoms. The van der Waals surface area contributed by atoms with Crippen LogP contribution in [0, 0.1) is 0 Å². The van der Waals surface area contributed by atoms with E-state index in [1.165, 1.54) is 24.8 Å². The van der Waals surface area contributed by atoms with Gasteiger partial charge in [0, 0.05) is 26.2 Å². The van der Waals surface area contributed by atoms with Crippen LogP contribution in [0.2, 0.25) is 0 Å². The van der Waals surface area contributed by atoms with Crippen LogP contribution in [-0.4, -0.2) is 64.1 Å². The zero-order chi connectivity index (χ0) is 28.7. The molecule has 0 atom stereocenters. The van der Waals surface area contributed by atoms with E-state index in [0.717, 1.165) is 36.7 Å². The highest BCUT2D eigenvalue weighted by molar-refractivity contribution is 7.90. The van der Waals surface area contributed by atoms with Gasteiger partial charge in [0.15, 0.2) is 0 Å². The van der Waals surface area contributed by atoms with Crippen molar-refractivity contribution in [2.45, 2.75) is 50.6 Å². The highest BCUT2D eigenvalue weighted by Crippen LogP contribution is 2.32. The number of para-hydroxylation sites is 1. The van der Waals surface area contributed by atoms with Gasteiger partial charge in [-0.15, -0.1) is 4.40 Å². The van der Waals surface area contributed by atoms with Crippen LogP contribution in [0.4, 0.5) is 5.69 Å². The summed E-state index contributed by atoms with van der Waals surface area (Å²) in [6, 6.07) is 23.3. The van der Waals surface area contributed by atoms with Crippen molar-refractivity contribution in [1.29, 1.82) is 0 Å². The summed E-state index contributed by atoms with van der Waals surface area (Å²) in [5.41, 5.74) is 2.96. The standard InChI is InChI=1S/C32H40N4O4S/c1-3-36-30-13-5-6-14-31(30)41(37,38)33-32(36)35(25-26-15-17-28(39-2)18-16-26)21-10-22-40-29-12-9-11-27(23-29)24-34-19-7-4-8-20-34/h5-6,9,11-18,23H,3-4,7-8,10,19-22,24-25H2,1-2H3. The van der Waals surface area contributed by atoms with Crippen LogP contribution < -0.4 is 14.4 Å².